The summed E-state index contributed by atoms with van der Waals surface area (Å²) in [5.74, 6) is 0. The SMILES string of the molecule is [CH2]Cc1ccc(NC(=O)N2CCOCC2)cc1. The van der Waals surface area contributed by atoms with Crippen molar-refractivity contribution in [3.8, 4) is 0 Å². The van der Waals surface area contributed by atoms with Crippen LogP contribution in [0.3, 0.4) is 0 Å². The van der Waals surface area contributed by atoms with E-state index in [-0.39, 0.29) is 6.03 Å². The Hall–Kier alpha value is -1.55. The molecule has 4 heteroatoms. The number of nitrogens with zero attached hydrogens (tertiary/aromatic N) is 1. The molecule has 1 N–H and O–H groups in total. The van der Waals surface area contributed by atoms with E-state index in [1.165, 1.54) is 0 Å². The fourth-order valence-corrected chi connectivity index (χ4v) is 1.72. The molecule has 0 atom stereocenters. The van der Waals surface area contributed by atoms with Crippen LogP contribution in [-0.4, -0.2) is 37.2 Å². The zero-order chi connectivity index (χ0) is 12.1. The molecule has 1 heterocycles. The number of amides is 2. The minimum atomic E-state index is -0.0596. The number of urea groups is 1. The van der Waals surface area contributed by atoms with E-state index in [9.17, 15) is 4.79 Å². The summed E-state index contributed by atoms with van der Waals surface area (Å²) in [6.07, 6.45) is 0.762. The second-order valence-corrected chi connectivity index (χ2v) is 3.98. The largest absolute Gasteiger partial charge is 0.378 e. The third kappa shape index (κ3) is 3.20. The van der Waals surface area contributed by atoms with Crippen LogP contribution in [0.4, 0.5) is 10.5 Å². The molecule has 1 fully saturated rings. The Balaban J connectivity index is 1.92. The first kappa shape index (κ1) is 11.9. The van der Waals surface area contributed by atoms with Crippen molar-refractivity contribution in [1.29, 1.82) is 0 Å². The molecule has 0 aromatic heterocycles. The Morgan fingerprint density at radius 3 is 2.53 bits per heavy atom. The lowest BCUT2D eigenvalue weighted by molar-refractivity contribution is 0.0564. The van der Waals surface area contributed by atoms with Crippen LogP contribution in [0.25, 0.3) is 0 Å². The molecule has 0 saturated carbocycles. The third-order valence-electron chi connectivity index (χ3n) is 2.79. The summed E-state index contributed by atoms with van der Waals surface area (Å²) in [6, 6.07) is 7.69. The van der Waals surface area contributed by atoms with Crippen molar-refractivity contribution in [1.82, 2.24) is 4.90 Å². The van der Waals surface area contributed by atoms with Crippen LogP contribution in [0.2, 0.25) is 0 Å². The van der Waals surface area contributed by atoms with Gasteiger partial charge in [-0.05, 0) is 31.0 Å². The molecule has 17 heavy (non-hydrogen) atoms. The van der Waals surface area contributed by atoms with E-state index in [1.54, 1.807) is 4.90 Å². The number of hydrogen-bond acceptors (Lipinski definition) is 2. The highest BCUT2D eigenvalue weighted by Crippen LogP contribution is 2.11. The molecule has 0 aliphatic carbocycles. The molecule has 1 radical (unpaired) electrons. The predicted molar refractivity (Wildman–Crippen MR) is 66.9 cm³/mol. The van der Waals surface area contributed by atoms with E-state index in [1.807, 2.05) is 24.3 Å². The third-order valence-corrected chi connectivity index (χ3v) is 2.79. The molecule has 91 valence electrons. The monoisotopic (exact) mass is 233 g/mol. The first-order chi connectivity index (χ1) is 8.29. The van der Waals surface area contributed by atoms with E-state index in [4.69, 9.17) is 4.74 Å². The number of carbonyl (C=O) groups excluding carboxylic acids is 1. The van der Waals surface area contributed by atoms with Gasteiger partial charge in [0.2, 0.25) is 0 Å². The molecular formula is C13H17N2O2. The molecule has 1 saturated heterocycles. The molecule has 2 amide bonds. The van der Waals surface area contributed by atoms with Crippen LogP contribution in [0, 0.1) is 6.92 Å². The molecule has 1 aromatic carbocycles. The summed E-state index contributed by atoms with van der Waals surface area (Å²) in [7, 11) is 0. The van der Waals surface area contributed by atoms with Gasteiger partial charge in [0, 0.05) is 18.8 Å². The van der Waals surface area contributed by atoms with Crippen molar-refractivity contribution >= 4 is 11.7 Å². The quantitative estimate of drug-likeness (QED) is 0.848. The molecule has 0 spiro atoms. The van der Waals surface area contributed by atoms with Gasteiger partial charge in [-0.1, -0.05) is 12.1 Å². The van der Waals surface area contributed by atoms with Crippen molar-refractivity contribution in [2.45, 2.75) is 6.42 Å². The standard InChI is InChI=1S/C13H17N2O2/c1-2-11-3-5-12(6-4-11)14-13(16)15-7-9-17-10-8-15/h3-6H,1-2,7-10H2,(H,14,16). The number of morpholine rings is 1. The fraction of sp³-hybridized carbons (Fsp3) is 0.385. The van der Waals surface area contributed by atoms with Gasteiger partial charge in [-0.2, -0.15) is 0 Å². The molecule has 2 rings (SSSR count). The van der Waals surface area contributed by atoms with Gasteiger partial charge in [0.15, 0.2) is 0 Å². The number of benzene rings is 1. The molecule has 0 unspecified atom stereocenters. The van der Waals surface area contributed by atoms with Crippen LogP contribution >= 0.6 is 0 Å². The number of nitrogens with one attached hydrogen (secondary N) is 1. The Morgan fingerprint density at radius 2 is 1.94 bits per heavy atom. The first-order valence-corrected chi connectivity index (χ1v) is 5.81. The normalized spacial score (nSPS) is 15.7. The summed E-state index contributed by atoms with van der Waals surface area (Å²) in [6.45, 7) is 6.36. The lowest BCUT2D eigenvalue weighted by atomic mass is 10.1. The van der Waals surface area contributed by atoms with E-state index >= 15 is 0 Å². The predicted octanol–water partition coefficient (Wildman–Crippen LogP) is 1.93. The van der Waals surface area contributed by atoms with Crippen molar-refractivity contribution < 1.29 is 9.53 Å². The Bertz CT molecular complexity index is 370. The number of ether oxygens (including phenoxy) is 1. The second-order valence-electron chi connectivity index (χ2n) is 3.98. The molecule has 4 nitrogen and oxygen atoms in total. The fourth-order valence-electron chi connectivity index (χ4n) is 1.72. The summed E-state index contributed by atoms with van der Waals surface area (Å²) in [5, 5.41) is 2.87. The van der Waals surface area contributed by atoms with E-state index in [2.05, 4.69) is 12.2 Å². The average molecular weight is 233 g/mol. The highest BCUT2D eigenvalue weighted by molar-refractivity contribution is 5.89. The Morgan fingerprint density at radius 1 is 1.29 bits per heavy atom. The zero-order valence-electron chi connectivity index (χ0n) is 9.82. The van der Waals surface area contributed by atoms with Gasteiger partial charge in [0.05, 0.1) is 13.2 Å². The topological polar surface area (TPSA) is 41.6 Å². The van der Waals surface area contributed by atoms with Crippen LogP contribution in [-0.2, 0) is 11.2 Å². The molecule has 1 aliphatic rings. The summed E-state index contributed by atoms with van der Waals surface area (Å²) in [4.78, 5) is 13.6. The highest BCUT2D eigenvalue weighted by atomic mass is 16.5. The van der Waals surface area contributed by atoms with Gasteiger partial charge in [-0.25, -0.2) is 4.79 Å². The molecule has 0 bridgehead atoms. The van der Waals surface area contributed by atoms with Gasteiger partial charge in [-0.15, -0.1) is 0 Å². The molecule has 1 aromatic rings. The summed E-state index contributed by atoms with van der Waals surface area (Å²) >= 11 is 0. The Labute approximate surface area is 102 Å². The minimum absolute atomic E-state index is 0.0596. The van der Waals surface area contributed by atoms with Crippen LogP contribution in [0.15, 0.2) is 24.3 Å². The lowest BCUT2D eigenvalue weighted by Crippen LogP contribution is -2.43. The first-order valence-electron chi connectivity index (χ1n) is 5.81. The van der Waals surface area contributed by atoms with Gasteiger partial charge in [-0.3, -0.25) is 0 Å². The van der Waals surface area contributed by atoms with Gasteiger partial charge in [0.1, 0.15) is 0 Å². The van der Waals surface area contributed by atoms with Crippen molar-refractivity contribution in [3.63, 3.8) is 0 Å². The highest BCUT2D eigenvalue weighted by Gasteiger charge is 2.16. The minimum Gasteiger partial charge on any atom is -0.378 e. The zero-order valence-corrected chi connectivity index (χ0v) is 9.82. The van der Waals surface area contributed by atoms with Crippen molar-refractivity contribution in [2.75, 3.05) is 31.6 Å². The van der Waals surface area contributed by atoms with Crippen molar-refractivity contribution in [3.05, 3.63) is 36.8 Å². The van der Waals surface area contributed by atoms with Crippen LogP contribution in [0.1, 0.15) is 5.56 Å². The summed E-state index contributed by atoms with van der Waals surface area (Å²) < 4.78 is 5.20. The summed E-state index contributed by atoms with van der Waals surface area (Å²) in [5.41, 5.74) is 1.98. The van der Waals surface area contributed by atoms with E-state index in [0.29, 0.717) is 26.3 Å². The number of hydrogen-bond donors (Lipinski definition) is 1. The number of anilines is 1. The second kappa shape index (κ2) is 5.68. The van der Waals surface area contributed by atoms with E-state index < -0.39 is 0 Å². The Kier molecular flexibility index (Phi) is 3.98. The van der Waals surface area contributed by atoms with E-state index in [0.717, 1.165) is 17.7 Å². The van der Waals surface area contributed by atoms with Gasteiger partial charge in [0.25, 0.3) is 0 Å². The molecular weight excluding hydrogens is 216 g/mol. The average Bonchev–Trinajstić information content (AvgIpc) is 2.40. The van der Waals surface area contributed by atoms with Crippen molar-refractivity contribution in [2.24, 2.45) is 0 Å². The number of rotatable bonds is 2. The molecule has 1 aliphatic heterocycles. The number of carbonyl (C=O) groups is 1. The van der Waals surface area contributed by atoms with Gasteiger partial charge < -0.3 is 15.0 Å². The maximum atomic E-state index is 11.9. The smallest absolute Gasteiger partial charge is 0.321 e. The van der Waals surface area contributed by atoms with Crippen LogP contribution < -0.4 is 5.32 Å². The van der Waals surface area contributed by atoms with Crippen LogP contribution in [0.5, 0.6) is 0 Å². The maximum Gasteiger partial charge on any atom is 0.321 e. The maximum absolute atomic E-state index is 11.9. The lowest BCUT2D eigenvalue weighted by Gasteiger charge is -2.26. The van der Waals surface area contributed by atoms with Gasteiger partial charge >= 0.3 is 6.03 Å².